The number of amides is 1. The van der Waals surface area contributed by atoms with E-state index in [0.717, 1.165) is 70.8 Å². The molecule has 0 spiro atoms. The number of rotatable bonds is 10. The van der Waals surface area contributed by atoms with Crippen molar-refractivity contribution < 1.29 is 19.1 Å². The molecule has 1 saturated heterocycles. The van der Waals surface area contributed by atoms with Gasteiger partial charge in [0.2, 0.25) is 0 Å². The summed E-state index contributed by atoms with van der Waals surface area (Å²) in [7, 11) is 1.43. The van der Waals surface area contributed by atoms with Crippen molar-refractivity contribution in [2.75, 3.05) is 46.4 Å². The van der Waals surface area contributed by atoms with Crippen LogP contribution in [0.3, 0.4) is 0 Å². The number of esters is 1. The molecule has 0 aromatic rings. The highest BCUT2D eigenvalue weighted by Crippen LogP contribution is 2.20. The maximum atomic E-state index is 12.4. The Morgan fingerprint density at radius 3 is 2.35 bits per heavy atom. The van der Waals surface area contributed by atoms with Crippen LogP contribution in [0.25, 0.3) is 0 Å². The van der Waals surface area contributed by atoms with Crippen molar-refractivity contribution in [2.24, 2.45) is 10.9 Å². The van der Waals surface area contributed by atoms with Crippen molar-refractivity contribution >= 4 is 18.0 Å². The van der Waals surface area contributed by atoms with E-state index in [1.54, 1.807) is 0 Å². The summed E-state index contributed by atoms with van der Waals surface area (Å²) in [6, 6.07) is 0. The average Bonchev–Trinajstić information content (AvgIpc) is 2.72. The number of methoxy groups -OCH3 is 1. The van der Waals surface area contributed by atoms with Gasteiger partial charge in [-0.3, -0.25) is 9.79 Å². The van der Waals surface area contributed by atoms with Gasteiger partial charge in [-0.25, -0.2) is 4.79 Å². The van der Waals surface area contributed by atoms with Gasteiger partial charge in [0.25, 0.3) is 0 Å². The number of carbonyl (C=O) groups is 2. The summed E-state index contributed by atoms with van der Waals surface area (Å²) in [5, 5.41) is 3.40. The number of unbranched alkanes of at least 4 members (excludes halogenated alkanes) is 2. The number of aliphatic imine (C=N–C) groups is 1. The van der Waals surface area contributed by atoms with Crippen LogP contribution in [0.1, 0.15) is 73.1 Å². The van der Waals surface area contributed by atoms with E-state index >= 15 is 0 Å². The Morgan fingerprint density at radius 2 is 1.81 bits per heavy atom. The lowest BCUT2D eigenvalue weighted by molar-refractivity contribution is -0.140. The summed E-state index contributed by atoms with van der Waals surface area (Å²) >= 11 is 0. The Morgan fingerprint density at radius 1 is 1.13 bits per heavy atom. The maximum Gasteiger partial charge on any atom is 0.410 e. The SMILES string of the molecule is CCNC(=NCCCCCC(=O)OC)N1CCC(CN(CC)C(=O)OC(C)(C)C)CC1. The molecule has 1 N–H and O–H groups in total. The van der Waals surface area contributed by atoms with Crippen LogP contribution in [0.15, 0.2) is 4.99 Å². The van der Waals surface area contributed by atoms with Crippen molar-refractivity contribution in [1.82, 2.24) is 15.1 Å². The first kappa shape index (κ1) is 27.0. The number of piperidine rings is 1. The minimum atomic E-state index is -0.468. The van der Waals surface area contributed by atoms with Crippen molar-refractivity contribution in [1.29, 1.82) is 0 Å². The van der Waals surface area contributed by atoms with Gasteiger partial charge < -0.3 is 24.6 Å². The number of nitrogens with zero attached hydrogens (tertiary/aromatic N) is 3. The van der Waals surface area contributed by atoms with E-state index in [4.69, 9.17) is 9.73 Å². The van der Waals surface area contributed by atoms with Crippen LogP contribution in [-0.2, 0) is 14.3 Å². The number of hydrogen-bond acceptors (Lipinski definition) is 5. The van der Waals surface area contributed by atoms with E-state index in [1.807, 2.05) is 32.6 Å². The van der Waals surface area contributed by atoms with Gasteiger partial charge in [0.05, 0.1) is 7.11 Å². The minimum absolute atomic E-state index is 0.145. The van der Waals surface area contributed by atoms with E-state index < -0.39 is 5.60 Å². The van der Waals surface area contributed by atoms with Crippen molar-refractivity contribution in [3.63, 3.8) is 0 Å². The first-order valence-corrected chi connectivity index (χ1v) is 11.8. The fourth-order valence-corrected chi connectivity index (χ4v) is 3.57. The van der Waals surface area contributed by atoms with E-state index in [-0.39, 0.29) is 12.1 Å². The lowest BCUT2D eigenvalue weighted by atomic mass is 9.96. The summed E-state index contributed by atoms with van der Waals surface area (Å²) in [5.74, 6) is 1.30. The summed E-state index contributed by atoms with van der Waals surface area (Å²) in [5.41, 5.74) is -0.468. The van der Waals surface area contributed by atoms with E-state index in [9.17, 15) is 9.59 Å². The molecule has 1 aliphatic rings. The quantitative estimate of drug-likeness (QED) is 0.242. The summed E-state index contributed by atoms with van der Waals surface area (Å²) < 4.78 is 10.2. The highest BCUT2D eigenvalue weighted by Gasteiger charge is 2.27. The first-order valence-electron chi connectivity index (χ1n) is 11.8. The Hall–Kier alpha value is -1.99. The maximum absolute atomic E-state index is 12.4. The molecule has 1 heterocycles. The van der Waals surface area contributed by atoms with Gasteiger partial charge in [-0.1, -0.05) is 6.42 Å². The minimum Gasteiger partial charge on any atom is -0.469 e. The molecule has 0 atom stereocenters. The third kappa shape index (κ3) is 11.3. The van der Waals surface area contributed by atoms with Crippen molar-refractivity contribution in [3.8, 4) is 0 Å². The number of hydrogen-bond donors (Lipinski definition) is 1. The van der Waals surface area contributed by atoms with E-state index in [0.29, 0.717) is 18.9 Å². The van der Waals surface area contributed by atoms with Crippen LogP contribution in [0.4, 0.5) is 4.79 Å². The Labute approximate surface area is 188 Å². The Balaban J connectivity index is 2.45. The predicted octanol–water partition coefficient (Wildman–Crippen LogP) is 3.65. The zero-order valence-corrected chi connectivity index (χ0v) is 20.5. The lowest BCUT2D eigenvalue weighted by Crippen LogP contribution is -2.48. The molecule has 0 radical (unpaired) electrons. The zero-order chi connectivity index (χ0) is 23.3. The van der Waals surface area contributed by atoms with Crippen LogP contribution < -0.4 is 5.32 Å². The van der Waals surface area contributed by atoms with Gasteiger partial charge in [-0.05, 0) is 66.2 Å². The fourth-order valence-electron chi connectivity index (χ4n) is 3.57. The third-order valence-corrected chi connectivity index (χ3v) is 5.29. The van der Waals surface area contributed by atoms with Gasteiger partial charge in [0.1, 0.15) is 5.60 Å². The molecule has 8 nitrogen and oxygen atoms in total. The van der Waals surface area contributed by atoms with Gasteiger partial charge in [-0.2, -0.15) is 0 Å². The molecule has 1 aliphatic heterocycles. The largest absolute Gasteiger partial charge is 0.469 e. The topological polar surface area (TPSA) is 83.5 Å². The van der Waals surface area contributed by atoms with Gasteiger partial charge in [-0.15, -0.1) is 0 Å². The third-order valence-electron chi connectivity index (χ3n) is 5.29. The van der Waals surface area contributed by atoms with Crippen LogP contribution in [0, 0.1) is 5.92 Å². The second-order valence-electron chi connectivity index (χ2n) is 9.07. The van der Waals surface area contributed by atoms with Gasteiger partial charge in [0.15, 0.2) is 5.96 Å². The number of guanidine groups is 1. The van der Waals surface area contributed by atoms with Gasteiger partial charge >= 0.3 is 12.1 Å². The number of likely N-dealkylation sites (tertiary alicyclic amines) is 1. The molecular weight excluding hydrogens is 396 g/mol. The summed E-state index contributed by atoms with van der Waals surface area (Å²) in [4.78, 5) is 32.5. The van der Waals surface area contributed by atoms with Crippen LogP contribution in [-0.4, -0.2) is 79.8 Å². The number of carbonyl (C=O) groups excluding carboxylic acids is 2. The van der Waals surface area contributed by atoms with Crippen LogP contribution in [0.5, 0.6) is 0 Å². The molecule has 0 aromatic carbocycles. The Bertz CT molecular complexity index is 566. The molecule has 8 heteroatoms. The molecule has 1 fully saturated rings. The number of nitrogens with one attached hydrogen (secondary N) is 1. The second-order valence-corrected chi connectivity index (χ2v) is 9.07. The molecule has 1 rings (SSSR count). The van der Waals surface area contributed by atoms with E-state index in [2.05, 4.69) is 21.9 Å². The molecule has 0 bridgehead atoms. The normalized spacial score (nSPS) is 15.5. The summed E-state index contributed by atoms with van der Waals surface area (Å²) in [6.45, 7) is 14.7. The first-order chi connectivity index (χ1) is 14.7. The van der Waals surface area contributed by atoms with E-state index in [1.165, 1.54) is 7.11 Å². The zero-order valence-electron chi connectivity index (χ0n) is 20.5. The second kappa shape index (κ2) is 14.1. The highest BCUT2D eigenvalue weighted by atomic mass is 16.6. The molecule has 31 heavy (non-hydrogen) atoms. The molecule has 0 aromatic heterocycles. The molecule has 0 aliphatic carbocycles. The smallest absolute Gasteiger partial charge is 0.410 e. The van der Waals surface area contributed by atoms with Crippen LogP contribution in [0.2, 0.25) is 0 Å². The molecule has 0 saturated carbocycles. The Kier molecular flexibility index (Phi) is 12.3. The lowest BCUT2D eigenvalue weighted by Gasteiger charge is -2.36. The van der Waals surface area contributed by atoms with Crippen molar-refractivity contribution in [2.45, 2.75) is 78.7 Å². The monoisotopic (exact) mass is 440 g/mol. The molecule has 0 unspecified atom stereocenters. The van der Waals surface area contributed by atoms with Crippen molar-refractivity contribution in [3.05, 3.63) is 0 Å². The summed E-state index contributed by atoms with van der Waals surface area (Å²) in [6.07, 6.45) is 5.09. The fraction of sp³-hybridized carbons (Fsp3) is 0.870. The highest BCUT2D eigenvalue weighted by molar-refractivity contribution is 5.80. The molecular formula is C23H44N4O4. The van der Waals surface area contributed by atoms with Crippen LogP contribution >= 0.6 is 0 Å². The predicted molar refractivity (Wildman–Crippen MR) is 124 cm³/mol. The standard InChI is InChI=1S/C23H44N4O4/c1-7-24-21(25-15-11-9-10-12-20(28)30-6)27-16-13-19(14-17-27)18-26(8-2)22(29)31-23(3,4)5/h19H,7-18H2,1-6H3,(H,24,25). The number of ether oxygens (including phenoxy) is 2. The average molecular weight is 441 g/mol. The molecule has 1 amide bonds. The van der Waals surface area contributed by atoms with Gasteiger partial charge in [0, 0.05) is 45.7 Å². The molecule has 180 valence electrons.